The summed E-state index contributed by atoms with van der Waals surface area (Å²) in [6.07, 6.45) is 13.5. The van der Waals surface area contributed by atoms with Crippen molar-refractivity contribution in [3.05, 3.63) is 82.8 Å². The molecule has 1 unspecified atom stereocenters. The van der Waals surface area contributed by atoms with Crippen molar-refractivity contribution in [3.8, 4) is 0 Å². The number of hydrogen-bond donors (Lipinski definition) is 1. The SMILES string of the molecule is Cc1nc2c(F)cc(C3=CC(=O)N4C=C(C5=CCNCC5)C=CC4=CCC3C)cc2o1. The molecule has 0 fully saturated rings. The number of hydrogen-bond acceptors (Lipinski definition) is 4. The number of nitrogens with zero attached hydrogens (tertiary/aromatic N) is 2. The molecule has 5 rings (SSSR count). The normalized spacial score (nSPS) is 21.7. The number of halogens is 1. The molecule has 1 amide bonds. The Kier molecular flexibility index (Phi) is 4.94. The van der Waals surface area contributed by atoms with Crippen LogP contribution < -0.4 is 5.32 Å². The molecule has 1 aromatic carbocycles. The summed E-state index contributed by atoms with van der Waals surface area (Å²) in [5.41, 5.74) is 5.23. The first-order valence-electron chi connectivity index (χ1n) is 10.6. The average Bonchev–Trinajstić information content (AvgIpc) is 3.16. The highest BCUT2D eigenvalue weighted by molar-refractivity contribution is 5.98. The molecule has 0 bridgehead atoms. The van der Waals surface area contributed by atoms with Crippen LogP contribution in [-0.2, 0) is 4.79 Å². The van der Waals surface area contributed by atoms with Crippen molar-refractivity contribution in [1.29, 1.82) is 0 Å². The standard InChI is InChI=1S/C25H24FN3O2/c1-15-3-5-20-6-4-18(17-7-9-27-10-8-17)14-29(20)24(30)13-21(15)19-11-22(26)25-23(12-19)31-16(2)28-25/h4-7,11-15,27H,3,8-10H2,1-2H3. The molecule has 1 atom stereocenters. The third kappa shape index (κ3) is 3.68. The van der Waals surface area contributed by atoms with Crippen LogP contribution in [0.1, 0.15) is 31.2 Å². The highest BCUT2D eigenvalue weighted by Crippen LogP contribution is 2.34. The molecule has 3 aliphatic heterocycles. The molecule has 3 aliphatic rings. The van der Waals surface area contributed by atoms with Crippen molar-refractivity contribution in [2.45, 2.75) is 26.7 Å². The van der Waals surface area contributed by atoms with Gasteiger partial charge in [-0.3, -0.25) is 9.69 Å². The van der Waals surface area contributed by atoms with E-state index in [1.807, 2.05) is 19.2 Å². The number of aryl methyl sites for hydroxylation is 1. The summed E-state index contributed by atoms with van der Waals surface area (Å²) in [6, 6.07) is 3.22. The molecular weight excluding hydrogens is 393 g/mol. The van der Waals surface area contributed by atoms with Crippen molar-refractivity contribution in [3.63, 3.8) is 0 Å². The van der Waals surface area contributed by atoms with Gasteiger partial charge in [-0.2, -0.15) is 0 Å². The second-order valence-electron chi connectivity index (χ2n) is 8.21. The Morgan fingerprint density at radius 1 is 1.26 bits per heavy atom. The van der Waals surface area contributed by atoms with Gasteiger partial charge in [-0.05, 0) is 65.8 Å². The highest BCUT2D eigenvalue weighted by Gasteiger charge is 2.24. The molecule has 1 N–H and O–H groups in total. The maximum Gasteiger partial charge on any atom is 0.255 e. The maximum absolute atomic E-state index is 14.7. The molecule has 4 heterocycles. The van der Waals surface area contributed by atoms with Gasteiger partial charge in [0.05, 0.1) is 0 Å². The number of oxazole rings is 1. The van der Waals surface area contributed by atoms with Crippen LogP contribution in [0.4, 0.5) is 4.39 Å². The summed E-state index contributed by atoms with van der Waals surface area (Å²) >= 11 is 0. The third-order valence-corrected chi connectivity index (χ3v) is 6.03. The Morgan fingerprint density at radius 2 is 2.13 bits per heavy atom. The number of benzene rings is 1. The second kappa shape index (κ2) is 7.78. The van der Waals surface area contributed by atoms with Gasteiger partial charge in [0.1, 0.15) is 5.52 Å². The summed E-state index contributed by atoms with van der Waals surface area (Å²) in [5, 5.41) is 3.31. The lowest BCUT2D eigenvalue weighted by Crippen LogP contribution is -2.28. The van der Waals surface area contributed by atoms with Gasteiger partial charge in [-0.1, -0.05) is 25.2 Å². The summed E-state index contributed by atoms with van der Waals surface area (Å²) in [5.74, 6) is -0.118. The van der Waals surface area contributed by atoms with Crippen molar-refractivity contribution >= 4 is 22.6 Å². The van der Waals surface area contributed by atoms with Crippen molar-refractivity contribution in [1.82, 2.24) is 15.2 Å². The molecule has 158 valence electrons. The Hall–Kier alpha value is -3.25. The molecule has 1 aromatic heterocycles. The van der Waals surface area contributed by atoms with Crippen LogP contribution in [0.15, 0.2) is 70.0 Å². The smallest absolute Gasteiger partial charge is 0.255 e. The number of carbonyl (C=O) groups is 1. The first-order valence-corrected chi connectivity index (χ1v) is 10.6. The van der Waals surface area contributed by atoms with E-state index < -0.39 is 5.82 Å². The van der Waals surface area contributed by atoms with E-state index in [1.54, 1.807) is 24.0 Å². The largest absolute Gasteiger partial charge is 0.441 e. The zero-order valence-electron chi connectivity index (χ0n) is 17.6. The van der Waals surface area contributed by atoms with E-state index in [2.05, 4.69) is 28.5 Å². The maximum atomic E-state index is 14.7. The van der Waals surface area contributed by atoms with E-state index in [4.69, 9.17) is 4.42 Å². The molecule has 5 nitrogen and oxygen atoms in total. The molecule has 0 spiro atoms. The lowest BCUT2D eigenvalue weighted by atomic mass is 9.88. The minimum atomic E-state index is -0.441. The van der Waals surface area contributed by atoms with Gasteiger partial charge in [0.2, 0.25) is 0 Å². The van der Waals surface area contributed by atoms with Crippen LogP contribution in [0.25, 0.3) is 16.7 Å². The molecule has 6 heteroatoms. The van der Waals surface area contributed by atoms with Gasteiger partial charge in [0.15, 0.2) is 17.3 Å². The van der Waals surface area contributed by atoms with Crippen LogP contribution in [0, 0.1) is 18.7 Å². The topological polar surface area (TPSA) is 58.4 Å². The van der Waals surface area contributed by atoms with Crippen molar-refractivity contribution in [2.75, 3.05) is 13.1 Å². The van der Waals surface area contributed by atoms with Gasteiger partial charge in [-0.25, -0.2) is 9.37 Å². The Bertz CT molecular complexity index is 1230. The van der Waals surface area contributed by atoms with Crippen LogP contribution in [0.5, 0.6) is 0 Å². The van der Waals surface area contributed by atoms with Crippen LogP contribution in [-0.4, -0.2) is 28.9 Å². The van der Waals surface area contributed by atoms with E-state index in [0.717, 1.165) is 42.8 Å². The van der Waals surface area contributed by atoms with Gasteiger partial charge in [0, 0.05) is 31.4 Å². The molecule has 31 heavy (non-hydrogen) atoms. The predicted molar refractivity (Wildman–Crippen MR) is 118 cm³/mol. The van der Waals surface area contributed by atoms with E-state index in [-0.39, 0.29) is 17.3 Å². The number of nitrogens with one attached hydrogen (secondary N) is 1. The minimum absolute atomic E-state index is 0.0466. The fourth-order valence-electron chi connectivity index (χ4n) is 4.35. The number of carbonyl (C=O) groups excluding carboxylic acids is 1. The quantitative estimate of drug-likeness (QED) is 0.764. The van der Waals surface area contributed by atoms with Gasteiger partial charge in [-0.15, -0.1) is 0 Å². The molecule has 2 aromatic rings. The zero-order chi connectivity index (χ0) is 21.5. The van der Waals surface area contributed by atoms with Crippen molar-refractivity contribution < 1.29 is 13.6 Å². The highest BCUT2D eigenvalue weighted by atomic mass is 19.1. The number of allylic oxidation sites excluding steroid dienone is 5. The van der Waals surface area contributed by atoms with Gasteiger partial charge < -0.3 is 9.73 Å². The van der Waals surface area contributed by atoms with Gasteiger partial charge in [0.25, 0.3) is 5.91 Å². The summed E-state index contributed by atoms with van der Waals surface area (Å²) in [7, 11) is 0. The molecule has 0 saturated carbocycles. The van der Waals surface area contributed by atoms with Gasteiger partial charge >= 0.3 is 0 Å². The summed E-state index contributed by atoms with van der Waals surface area (Å²) in [4.78, 5) is 19.1. The Labute approximate surface area is 180 Å². The number of aromatic nitrogens is 1. The Balaban J connectivity index is 1.54. The minimum Gasteiger partial charge on any atom is -0.441 e. The third-order valence-electron chi connectivity index (χ3n) is 6.03. The molecule has 0 radical (unpaired) electrons. The summed E-state index contributed by atoms with van der Waals surface area (Å²) < 4.78 is 20.2. The first-order chi connectivity index (χ1) is 15.0. The van der Waals surface area contributed by atoms with Crippen LogP contribution in [0.2, 0.25) is 0 Å². The number of amides is 1. The Morgan fingerprint density at radius 3 is 2.94 bits per heavy atom. The lowest BCUT2D eigenvalue weighted by Gasteiger charge is -2.28. The average molecular weight is 417 g/mol. The van der Waals surface area contributed by atoms with Crippen LogP contribution in [0.3, 0.4) is 0 Å². The van der Waals surface area contributed by atoms with E-state index in [9.17, 15) is 9.18 Å². The van der Waals surface area contributed by atoms with Crippen molar-refractivity contribution in [2.24, 2.45) is 5.92 Å². The monoisotopic (exact) mass is 417 g/mol. The predicted octanol–water partition coefficient (Wildman–Crippen LogP) is 4.78. The summed E-state index contributed by atoms with van der Waals surface area (Å²) in [6.45, 7) is 5.52. The van der Waals surface area contributed by atoms with E-state index in [1.165, 1.54) is 11.6 Å². The molecule has 0 saturated heterocycles. The van der Waals surface area contributed by atoms with Crippen LogP contribution >= 0.6 is 0 Å². The fourth-order valence-corrected chi connectivity index (χ4v) is 4.35. The molecule has 0 aliphatic carbocycles. The first kappa shape index (κ1) is 19.7. The number of fused-ring (bicyclic) bond motifs is 2. The lowest BCUT2D eigenvalue weighted by molar-refractivity contribution is -0.122. The van der Waals surface area contributed by atoms with E-state index in [0.29, 0.717) is 17.0 Å². The molecular formula is C25H24FN3O2. The fraction of sp³-hybridized carbons (Fsp3) is 0.280. The van der Waals surface area contributed by atoms with E-state index >= 15 is 0 Å². The number of rotatable bonds is 2. The zero-order valence-corrected chi connectivity index (χ0v) is 17.6. The second-order valence-corrected chi connectivity index (χ2v) is 8.21.